The van der Waals surface area contributed by atoms with Gasteiger partial charge in [0.2, 0.25) is 0 Å². The molecule has 3 rings (SSSR count). The molecule has 6 nitrogen and oxygen atoms in total. The van der Waals surface area contributed by atoms with Crippen LogP contribution in [0.15, 0.2) is 54.9 Å². The van der Waals surface area contributed by atoms with E-state index in [2.05, 4.69) is 4.98 Å². The maximum absolute atomic E-state index is 10.8. The molecule has 0 amide bonds. The van der Waals surface area contributed by atoms with E-state index in [4.69, 9.17) is 14.2 Å². The van der Waals surface area contributed by atoms with E-state index in [0.29, 0.717) is 12.1 Å². The molecule has 0 saturated carbocycles. The third-order valence-electron chi connectivity index (χ3n) is 4.42. The molecule has 6 heteroatoms. The summed E-state index contributed by atoms with van der Waals surface area (Å²) in [7, 11) is 5.14. The quantitative estimate of drug-likeness (QED) is 0.619. The van der Waals surface area contributed by atoms with E-state index >= 15 is 0 Å². The zero-order chi connectivity index (χ0) is 19.2. The number of ether oxygens (including phenoxy) is 3. The van der Waals surface area contributed by atoms with Crippen molar-refractivity contribution >= 4 is 0 Å². The first-order valence-corrected chi connectivity index (χ1v) is 8.65. The zero-order valence-electron chi connectivity index (χ0n) is 15.8. The van der Waals surface area contributed by atoms with Crippen molar-refractivity contribution in [1.29, 1.82) is 0 Å². The van der Waals surface area contributed by atoms with E-state index in [1.807, 2.05) is 60.1 Å². The largest absolute Gasteiger partial charge is 0.497 e. The maximum atomic E-state index is 10.8. The predicted molar refractivity (Wildman–Crippen MR) is 102 cm³/mol. The Balaban J connectivity index is 1.79. The van der Waals surface area contributed by atoms with Gasteiger partial charge in [-0.25, -0.2) is 4.98 Å². The fraction of sp³-hybridized carbons (Fsp3) is 0.286. The summed E-state index contributed by atoms with van der Waals surface area (Å²) in [5, 5.41) is 10.8. The molecule has 0 aliphatic carbocycles. The third-order valence-corrected chi connectivity index (χ3v) is 4.42. The highest BCUT2D eigenvalue weighted by Gasteiger charge is 2.19. The normalized spacial score (nSPS) is 12.0. The van der Waals surface area contributed by atoms with E-state index in [9.17, 15) is 5.11 Å². The van der Waals surface area contributed by atoms with Gasteiger partial charge in [-0.3, -0.25) is 0 Å². The molecule has 0 fully saturated rings. The molecule has 0 radical (unpaired) electrons. The van der Waals surface area contributed by atoms with Crippen LogP contribution in [0, 0.1) is 0 Å². The van der Waals surface area contributed by atoms with Crippen LogP contribution in [0.5, 0.6) is 11.5 Å². The van der Waals surface area contributed by atoms with Crippen LogP contribution in [0.1, 0.15) is 28.6 Å². The molecular formula is C21H24N2O4. The number of rotatable bonds is 8. The number of aliphatic hydroxyl groups excluding tert-OH is 1. The summed E-state index contributed by atoms with van der Waals surface area (Å²) < 4.78 is 17.4. The molecule has 0 saturated heterocycles. The number of benzene rings is 2. The number of hydrogen-bond acceptors (Lipinski definition) is 5. The van der Waals surface area contributed by atoms with Crippen molar-refractivity contribution in [2.75, 3.05) is 21.0 Å². The van der Waals surface area contributed by atoms with Crippen LogP contribution in [0.25, 0.3) is 0 Å². The molecule has 27 heavy (non-hydrogen) atoms. The highest BCUT2D eigenvalue weighted by Crippen LogP contribution is 2.27. The smallest absolute Gasteiger partial charge is 0.188 e. The van der Waals surface area contributed by atoms with Gasteiger partial charge in [-0.2, -0.15) is 0 Å². The first-order valence-electron chi connectivity index (χ1n) is 8.65. The Hall–Kier alpha value is -2.83. The van der Waals surface area contributed by atoms with Crippen molar-refractivity contribution in [3.8, 4) is 11.5 Å². The van der Waals surface area contributed by atoms with Crippen molar-refractivity contribution in [3.05, 3.63) is 77.4 Å². The minimum atomic E-state index is -0.795. The van der Waals surface area contributed by atoms with Crippen molar-refractivity contribution in [3.63, 3.8) is 0 Å². The van der Waals surface area contributed by atoms with Gasteiger partial charge in [0.25, 0.3) is 0 Å². The van der Waals surface area contributed by atoms with Gasteiger partial charge in [0.1, 0.15) is 17.6 Å². The predicted octanol–water partition coefficient (Wildman–Crippen LogP) is 3.08. The average molecular weight is 368 g/mol. The van der Waals surface area contributed by atoms with Gasteiger partial charge in [0.15, 0.2) is 6.79 Å². The molecule has 0 spiro atoms. The van der Waals surface area contributed by atoms with Gasteiger partial charge >= 0.3 is 0 Å². The molecule has 0 bridgehead atoms. The molecule has 1 heterocycles. The summed E-state index contributed by atoms with van der Waals surface area (Å²) in [6.45, 7) is 0.222. The summed E-state index contributed by atoms with van der Waals surface area (Å²) in [5.41, 5.74) is 3.50. The Morgan fingerprint density at radius 2 is 1.67 bits per heavy atom. The van der Waals surface area contributed by atoms with Crippen LogP contribution in [0.2, 0.25) is 0 Å². The van der Waals surface area contributed by atoms with Gasteiger partial charge in [0, 0.05) is 26.3 Å². The number of aliphatic hydroxyl groups is 1. The van der Waals surface area contributed by atoms with Gasteiger partial charge in [-0.1, -0.05) is 24.3 Å². The second kappa shape index (κ2) is 8.70. The highest BCUT2D eigenvalue weighted by atomic mass is 16.7. The Kier molecular flexibility index (Phi) is 6.11. The number of hydrogen-bond donors (Lipinski definition) is 1. The van der Waals surface area contributed by atoms with Crippen molar-refractivity contribution in [2.45, 2.75) is 12.5 Å². The van der Waals surface area contributed by atoms with Gasteiger partial charge in [-0.15, -0.1) is 0 Å². The lowest BCUT2D eigenvalue weighted by Gasteiger charge is -2.13. The standard InChI is InChI=1S/C21H24N2O4/c1-23-13-22-20(21(24)16-6-10-17(26-3)11-7-16)19(23)12-15-4-8-18(9-5-15)27-14-25-2/h4-11,13,21,24H,12,14H2,1-3H3. The van der Waals surface area contributed by atoms with Crippen LogP contribution >= 0.6 is 0 Å². The molecular weight excluding hydrogens is 344 g/mol. The van der Waals surface area contributed by atoms with E-state index in [1.165, 1.54) is 0 Å². The summed E-state index contributed by atoms with van der Waals surface area (Å²) >= 11 is 0. The lowest BCUT2D eigenvalue weighted by molar-refractivity contribution is 0.0511. The second-order valence-electron chi connectivity index (χ2n) is 6.23. The Morgan fingerprint density at radius 3 is 2.30 bits per heavy atom. The molecule has 1 aromatic heterocycles. The molecule has 1 atom stereocenters. The van der Waals surface area contributed by atoms with E-state index in [-0.39, 0.29) is 6.79 Å². The summed E-state index contributed by atoms with van der Waals surface area (Å²) in [5.74, 6) is 1.51. The fourth-order valence-corrected chi connectivity index (χ4v) is 2.89. The maximum Gasteiger partial charge on any atom is 0.188 e. The van der Waals surface area contributed by atoms with E-state index in [0.717, 1.165) is 28.3 Å². The number of imidazole rings is 1. The topological polar surface area (TPSA) is 65.7 Å². The summed E-state index contributed by atoms with van der Waals surface area (Å²) in [6.07, 6.45) is 1.59. The number of aromatic nitrogens is 2. The Labute approximate surface area is 159 Å². The van der Waals surface area contributed by atoms with Crippen molar-refractivity contribution in [2.24, 2.45) is 7.05 Å². The molecule has 2 aromatic carbocycles. The first-order chi connectivity index (χ1) is 13.1. The van der Waals surface area contributed by atoms with Crippen LogP contribution in [0.4, 0.5) is 0 Å². The lowest BCUT2D eigenvalue weighted by Crippen LogP contribution is -2.07. The van der Waals surface area contributed by atoms with Crippen LogP contribution in [-0.2, 0) is 18.2 Å². The SMILES string of the molecule is COCOc1ccc(Cc2c(C(O)c3ccc(OC)cc3)ncn2C)cc1. The van der Waals surface area contributed by atoms with Crippen LogP contribution in [0.3, 0.4) is 0 Å². The second-order valence-corrected chi connectivity index (χ2v) is 6.23. The number of methoxy groups -OCH3 is 2. The number of aryl methyl sites for hydroxylation is 1. The van der Waals surface area contributed by atoms with E-state index in [1.54, 1.807) is 20.5 Å². The third kappa shape index (κ3) is 4.48. The number of nitrogens with zero attached hydrogens (tertiary/aromatic N) is 2. The van der Waals surface area contributed by atoms with Crippen LogP contribution in [-0.4, -0.2) is 35.7 Å². The fourth-order valence-electron chi connectivity index (χ4n) is 2.89. The summed E-state index contributed by atoms with van der Waals surface area (Å²) in [4.78, 5) is 4.43. The monoisotopic (exact) mass is 368 g/mol. The zero-order valence-corrected chi connectivity index (χ0v) is 15.8. The van der Waals surface area contributed by atoms with E-state index < -0.39 is 6.10 Å². The molecule has 3 aromatic rings. The Bertz CT molecular complexity index is 857. The molecule has 1 unspecified atom stereocenters. The highest BCUT2D eigenvalue weighted by molar-refractivity contribution is 5.36. The Morgan fingerprint density at radius 1 is 1.00 bits per heavy atom. The first kappa shape index (κ1) is 18.9. The van der Waals surface area contributed by atoms with Gasteiger partial charge in [-0.05, 0) is 35.4 Å². The summed E-state index contributed by atoms with van der Waals surface area (Å²) in [6, 6.07) is 15.2. The van der Waals surface area contributed by atoms with Crippen molar-refractivity contribution in [1.82, 2.24) is 9.55 Å². The molecule has 1 N–H and O–H groups in total. The molecule has 0 aliphatic heterocycles. The minimum absolute atomic E-state index is 0.222. The molecule has 0 aliphatic rings. The average Bonchev–Trinajstić information content (AvgIpc) is 3.07. The molecule has 142 valence electrons. The van der Waals surface area contributed by atoms with Gasteiger partial charge < -0.3 is 23.9 Å². The lowest BCUT2D eigenvalue weighted by atomic mass is 10.0. The van der Waals surface area contributed by atoms with Gasteiger partial charge in [0.05, 0.1) is 19.1 Å². The minimum Gasteiger partial charge on any atom is -0.497 e. The van der Waals surface area contributed by atoms with Crippen molar-refractivity contribution < 1.29 is 19.3 Å². The van der Waals surface area contributed by atoms with Crippen LogP contribution < -0.4 is 9.47 Å².